The van der Waals surface area contributed by atoms with Gasteiger partial charge in [0.2, 0.25) is 0 Å². The first kappa shape index (κ1) is 17.5. The fourth-order valence-corrected chi connectivity index (χ4v) is 1.73. The topological polar surface area (TPSA) is 84.9 Å². The molecule has 0 spiro atoms. The van der Waals surface area contributed by atoms with Crippen molar-refractivity contribution < 1.29 is 23.9 Å². The summed E-state index contributed by atoms with van der Waals surface area (Å²) in [7, 11) is 4.58. The molecule has 22 heavy (non-hydrogen) atoms. The number of nitrogens with zero attached hydrogens (tertiary/aromatic N) is 1. The number of nitrogens with one attached hydrogen (secondary N) is 1. The van der Waals surface area contributed by atoms with Crippen LogP contribution in [0, 0.1) is 0 Å². The average molecular weight is 308 g/mol. The van der Waals surface area contributed by atoms with E-state index in [-0.39, 0.29) is 12.5 Å². The largest absolute Gasteiger partial charge is 0.496 e. The van der Waals surface area contributed by atoms with Crippen molar-refractivity contribution in [1.82, 2.24) is 10.2 Å². The van der Waals surface area contributed by atoms with Crippen molar-refractivity contribution in [3.63, 3.8) is 0 Å². The molecule has 1 rings (SSSR count). The van der Waals surface area contributed by atoms with Crippen molar-refractivity contribution in [2.75, 3.05) is 27.7 Å². The molecule has 0 unspecified atom stereocenters. The molecule has 0 heterocycles. The van der Waals surface area contributed by atoms with Crippen LogP contribution in [0.1, 0.15) is 17.3 Å². The maximum Gasteiger partial charge on any atom is 0.326 e. The summed E-state index contributed by atoms with van der Waals surface area (Å²) < 4.78 is 10.0. The second-order valence-corrected chi connectivity index (χ2v) is 4.75. The molecule has 0 aliphatic carbocycles. The van der Waals surface area contributed by atoms with E-state index in [2.05, 4.69) is 5.32 Å². The quantitative estimate of drug-likeness (QED) is 0.771. The van der Waals surface area contributed by atoms with Crippen LogP contribution in [0.3, 0.4) is 0 Å². The number of amides is 2. The number of benzene rings is 1. The molecular formula is C15H20N2O5. The molecule has 0 aliphatic rings. The molecule has 0 aromatic heterocycles. The number of para-hydroxylation sites is 1. The highest BCUT2D eigenvalue weighted by Crippen LogP contribution is 2.16. The molecule has 120 valence electrons. The summed E-state index contributed by atoms with van der Waals surface area (Å²) in [6, 6.07) is 6.65. The monoisotopic (exact) mass is 308 g/mol. The summed E-state index contributed by atoms with van der Waals surface area (Å²) in [5.74, 6) is -1.07. The van der Waals surface area contributed by atoms with Crippen LogP contribution in [-0.2, 0) is 14.3 Å². The highest BCUT2D eigenvalue weighted by molar-refractivity contribution is 5.98. The first-order valence-corrected chi connectivity index (χ1v) is 6.68. The van der Waals surface area contributed by atoms with Crippen molar-refractivity contribution in [2.24, 2.45) is 0 Å². The van der Waals surface area contributed by atoms with Gasteiger partial charge in [0, 0.05) is 14.1 Å². The van der Waals surface area contributed by atoms with Gasteiger partial charge in [-0.15, -0.1) is 0 Å². The molecule has 0 saturated carbocycles. The van der Waals surface area contributed by atoms with Gasteiger partial charge >= 0.3 is 5.97 Å². The second kappa shape index (κ2) is 8.02. The zero-order valence-corrected chi connectivity index (χ0v) is 13.1. The van der Waals surface area contributed by atoms with Gasteiger partial charge in [-0.1, -0.05) is 12.1 Å². The summed E-state index contributed by atoms with van der Waals surface area (Å²) in [4.78, 5) is 36.5. The molecule has 7 heteroatoms. The second-order valence-electron chi connectivity index (χ2n) is 4.75. The molecule has 7 nitrogen and oxygen atoms in total. The Morgan fingerprint density at radius 2 is 1.86 bits per heavy atom. The maximum absolute atomic E-state index is 12.0. The number of rotatable bonds is 6. The fourth-order valence-electron chi connectivity index (χ4n) is 1.73. The SMILES string of the molecule is COc1ccccc1C(=O)NCC(=O)O[C@H](C)C(=O)N(C)C. The highest BCUT2D eigenvalue weighted by atomic mass is 16.5. The van der Waals surface area contributed by atoms with E-state index in [0.717, 1.165) is 0 Å². The van der Waals surface area contributed by atoms with Crippen molar-refractivity contribution >= 4 is 17.8 Å². The van der Waals surface area contributed by atoms with Crippen molar-refractivity contribution in [2.45, 2.75) is 13.0 Å². The van der Waals surface area contributed by atoms with Gasteiger partial charge in [-0.25, -0.2) is 0 Å². The van der Waals surface area contributed by atoms with Gasteiger partial charge < -0.3 is 19.7 Å². The Bertz CT molecular complexity index is 557. The minimum Gasteiger partial charge on any atom is -0.496 e. The van der Waals surface area contributed by atoms with Crippen LogP contribution in [0.25, 0.3) is 0 Å². The Morgan fingerprint density at radius 3 is 2.45 bits per heavy atom. The number of ether oxygens (including phenoxy) is 2. The van der Waals surface area contributed by atoms with Crippen LogP contribution in [0.2, 0.25) is 0 Å². The standard InChI is InChI=1S/C15H20N2O5/c1-10(15(20)17(2)3)22-13(18)9-16-14(19)11-7-5-6-8-12(11)21-4/h5-8,10H,9H2,1-4H3,(H,16,19)/t10-/m1/s1. The van der Waals surface area contributed by atoms with Crippen molar-refractivity contribution in [3.05, 3.63) is 29.8 Å². The van der Waals surface area contributed by atoms with Crippen LogP contribution in [0.15, 0.2) is 24.3 Å². The Hall–Kier alpha value is -2.57. The van der Waals surface area contributed by atoms with Gasteiger partial charge in [-0.2, -0.15) is 0 Å². The molecule has 0 aliphatic heterocycles. The molecule has 1 N–H and O–H groups in total. The maximum atomic E-state index is 12.0. The first-order valence-electron chi connectivity index (χ1n) is 6.68. The molecular weight excluding hydrogens is 288 g/mol. The minimum absolute atomic E-state index is 0.315. The lowest BCUT2D eigenvalue weighted by molar-refractivity contribution is -0.157. The van der Waals surface area contributed by atoms with Gasteiger partial charge in [0.1, 0.15) is 12.3 Å². The number of methoxy groups -OCH3 is 1. The van der Waals surface area contributed by atoms with Crippen molar-refractivity contribution in [1.29, 1.82) is 0 Å². The van der Waals surface area contributed by atoms with E-state index in [4.69, 9.17) is 9.47 Å². The van der Waals surface area contributed by atoms with Crippen LogP contribution in [0.4, 0.5) is 0 Å². The van der Waals surface area contributed by atoms with Gasteiger partial charge in [-0.05, 0) is 19.1 Å². The third-order valence-corrected chi connectivity index (χ3v) is 2.84. The van der Waals surface area contributed by atoms with E-state index < -0.39 is 18.0 Å². The van der Waals surface area contributed by atoms with Gasteiger partial charge in [0.25, 0.3) is 11.8 Å². The Labute approximate surface area is 129 Å². The summed E-state index contributed by atoms with van der Waals surface area (Å²) in [6.07, 6.45) is -0.898. The molecule has 1 atom stereocenters. The Balaban J connectivity index is 2.54. The number of likely N-dealkylation sites (N-methyl/N-ethyl adjacent to an activating group) is 1. The van der Waals surface area contributed by atoms with Crippen LogP contribution in [0.5, 0.6) is 5.75 Å². The van der Waals surface area contributed by atoms with Crippen LogP contribution in [-0.4, -0.2) is 56.5 Å². The van der Waals surface area contributed by atoms with Gasteiger partial charge in [-0.3, -0.25) is 14.4 Å². The first-order chi connectivity index (χ1) is 10.4. The van der Waals surface area contributed by atoms with E-state index in [1.54, 1.807) is 38.4 Å². The molecule has 1 aromatic carbocycles. The highest BCUT2D eigenvalue weighted by Gasteiger charge is 2.20. The molecule has 0 fully saturated rings. The fraction of sp³-hybridized carbons (Fsp3) is 0.400. The summed E-state index contributed by atoms with van der Waals surface area (Å²) in [5, 5.41) is 2.43. The van der Waals surface area contributed by atoms with Crippen LogP contribution < -0.4 is 10.1 Å². The predicted octanol–water partition coefficient (Wildman–Crippen LogP) is 0.445. The average Bonchev–Trinajstić information content (AvgIpc) is 2.51. The van der Waals surface area contributed by atoms with Crippen LogP contribution >= 0.6 is 0 Å². The van der Waals surface area contributed by atoms with Crippen molar-refractivity contribution in [3.8, 4) is 5.75 Å². The number of carbonyl (C=O) groups excluding carboxylic acids is 3. The number of hydrogen-bond acceptors (Lipinski definition) is 5. The minimum atomic E-state index is -0.898. The molecule has 0 bridgehead atoms. The molecule has 1 aromatic rings. The zero-order valence-electron chi connectivity index (χ0n) is 13.1. The summed E-state index contributed by atoms with van der Waals surface area (Å²) >= 11 is 0. The Kier molecular flexibility index (Phi) is 6.37. The van der Waals surface area contributed by atoms with Gasteiger partial charge in [0.05, 0.1) is 12.7 Å². The number of carbonyl (C=O) groups is 3. The predicted molar refractivity (Wildman–Crippen MR) is 79.6 cm³/mol. The third-order valence-electron chi connectivity index (χ3n) is 2.84. The Morgan fingerprint density at radius 1 is 1.23 bits per heavy atom. The summed E-state index contributed by atoms with van der Waals surface area (Å²) in [6.45, 7) is 1.14. The van der Waals surface area contributed by atoms with Gasteiger partial charge in [0.15, 0.2) is 6.10 Å². The van der Waals surface area contributed by atoms with E-state index in [1.165, 1.54) is 18.9 Å². The van der Waals surface area contributed by atoms with E-state index in [1.807, 2.05) is 0 Å². The summed E-state index contributed by atoms with van der Waals surface area (Å²) in [5.41, 5.74) is 0.315. The third kappa shape index (κ3) is 4.76. The zero-order chi connectivity index (χ0) is 16.7. The van der Waals surface area contributed by atoms with E-state index in [0.29, 0.717) is 11.3 Å². The normalized spacial score (nSPS) is 11.3. The van der Waals surface area contributed by atoms with E-state index in [9.17, 15) is 14.4 Å². The molecule has 2 amide bonds. The lowest BCUT2D eigenvalue weighted by Gasteiger charge is -2.17. The smallest absolute Gasteiger partial charge is 0.326 e. The molecule has 0 radical (unpaired) electrons. The lowest BCUT2D eigenvalue weighted by Crippen LogP contribution is -2.38. The number of esters is 1. The molecule has 0 saturated heterocycles. The lowest BCUT2D eigenvalue weighted by atomic mass is 10.2. The van der Waals surface area contributed by atoms with E-state index >= 15 is 0 Å². The number of hydrogen-bond donors (Lipinski definition) is 1.